The van der Waals surface area contributed by atoms with Gasteiger partial charge in [0.25, 0.3) is 0 Å². The second kappa shape index (κ2) is 13.8. The van der Waals surface area contributed by atoms with Crippen molar-refractivity contribution < 1.29 is 0 Å². The molecule has 0 aliphatic heterocycles. The fraction of sp³-hybridized carbons (Fsp3) is 0.0600. The predicted octanol–water partition coefficient (Wildman–Crippen LogP) is 12.7. The number of aromatic nitrogens is 3. The Labute approximate surface area is 317 Å². The highest BCUT2D eigenvalue weighted by Crippen LogP contribution is 2.36. The molecular formula is C50H39N3Si. The van der Waals surface area contributed by atoms with Crippen molar-refractivity contribution in [3.05, 3.63) is 182 Å². The molecular weight excluding hydrogens is 671 g/mol. The first-order valence-electron chi connectivity index (χ1n) is 18.5. The fourth-order valence-electron chi connectivity index (χ4n) is 7.34. The molecule has 0 bridgehead atoms. The zero-order valence-electron chi connectivity index (χ0n) is 30.7. The van der Waals surface area contributed by atoms with E-state index in [2.05, 4.69) is 183 Å². The van der Waals surface area contributed by atoms with Crippen LogP contribution >= 0.6 is 0 Å². The normalized spacial score (nSPS) is 11.6. The van der Waals surface area contributed by atoms with Crippen LogP contribution in [0.2, 0.25) is 19.6 Å². The Kier molecular flexibility index (Phi) is 8.53. The van der Waals surface area contributed by atoms with Crippen LogP contribution in [0.4, 0.5) is 0 Å². The lowest BCUT2D eigenvalue weighted by Crippen LogP contribution is -2.37. The summed E-state index contributed by atoms with van der Waals surface area (Å²) in [6, 6.07) is 64.8. The van der Waals surface area contributed by atoms with Crippen molar-refractivity contribution in [3.63, 3.8) is 0 Å². The van der Waals surface area contributed by atoms with Crippen LogP contribution in [-0.4, -0.2) is 23.0 Å². The highest BCUT2D eigenvalue weighted by Gasteiger charge is 2.18. The minimum atomic E-state index is -1.35. The molecule has 0 saturated heterocycles. The van der Waals surface area contributed by atoms with Crippen molar-refractivity contribution in [2.45, 2.75) is 19.6 Å². The summed E-state index contributed by atoms with van der Waals surface area (Å²) in [6.07, 6.45) is 0. The Hall–Kier alpha value is -6.49. The molecule has 0 radical (unpaired) electrons. The smallest absolute Gasteiger partial charge is 0.164 e. The van der Waals surface area contributed by atoms with E-state index < -0.39 is 8.07 Å². The Bertz CT molecular complexity index is 2800. The van der Waals surface area contributed by atoms with Crippen molar-refractivity contribution in [1.82, 2.24) is 15.0 Å². The Morgan fingerprint density at radius 2 is 0.759 bits per heavy atom. The molecule has 0 amide bonds. The average Bonchev–Trinajstić information content (AvgIpc) is 3.23. The van der Waals surface area contributed by atoms with E-state index in [1.165, 1.54) is 38.2 Å². The number of hydrogen-bond donors (Lipinski definition) is 0. The van der Waals surface area contributed by atoms with Gasteiger partial charge in [-0.2, -0.15) is 0 Å². The van der Waals surface area contributed by atoms with E-state index >= 15 is 0 Å². The Morgan fingerprint density at radius 3 is 1.37 bits per heavy atom. The third kappa shape index (κ3) is 6.53. The Morgan fingerprint density at radius 1 is 0.315 bits per heavy atom. The van der Waals surface area contributed by atoms with Gasteiger partial charge in [0.15, 0.2) is 17.5 Å². The quantitative estimate of drug-likeness (QED) is 0.122. The molecule has 1 aromatic heterocycles. The van der Waals surface area contributed by atoms with Crippen molar-refractivity contribution in [3.8, 4) is 67.5 Å². The van der Waals surface area contributed by atoms with Gasteiger partial charge in [0, 0.05) is 16.7 Å². The second-order valence-electron chi connectivity index (χ2n) is 14.9. The topological polar surface area (TPSA) is 38.7 Å². The third-order valence-electron chi connectivity index (χ3n) is 10.3. The fourth-order valence-corrected chi connectivity index (χ4v) is 8.50. The summed E-state index contributed by atoms with van der Waals surface area (Å²) >= 11 is 0. The molecule has 258 valence electrons. The number of rotatable bonds is 7. The molecule has 0 unspecified atom stereocenters. The molecule has 54 heavy (non-hydrogen) atoms. The molecule has 9 rings (SSSR count). The number of hydrogen-bond acceptors (Lipinski definition) is 3. The molecule has 3 nitrogen and oxygen atoms in total. The standard InChI is InChI=1S/C50H39N3Si/c1-54(2,3)43-28-26-34(27-29-43)36-17-11-18-37(30-36)38-19-12-20-39(31-38)40-21-13-22-42(32-40)49-51-48(35-14-5-4-6-15-35)52-50(53-49)47-33-41-16-7-8-23-44(41)45-24-9-10-25-46(45)47/h4-33H,1-3H3. The molecule has 8 aromatic carbocycles. The molecule has 9 aromatic rings. The van der Waals surface area contributed by atoms with Crippen LogP contribution in [0.1, 0.15) is 0 Å². The first-order chi connectivity index (χ1) is 26.4. The first-order valence-corrected chi connectivity index (χ1v) is 22.0. The maximum Gasteiger partial charge on any atom is 0.164 e. The summed E-state index contributed by atoms with van der Waals surface area (Å²) in [5.41, 5.74) is 9.95. The highest BCUT2D eigenvalue weighted by molar-refractivity contribution is 6.88. The second-order valence-corrected chi connectivity index (χ2v) is 20.0. The lowest BCUT2D eigenvalue weighted by atomic mass is 9.95. The summed E-state index contributed by atoms with van der Waals surface area (Å²) in [6.45, 7) is 7.17. The van der Waals surface area contributed by atoms with Gasteiger partial charge in [-0.25, -0.2) is 15.0 Å². The van der Waals surface area contributed by atoms with Gasteiger partial charge in [-0.05, 0) is 79.2 Å². The molecule has 0 atom stereocenters. The molecule has 0 aliphatic carbocycles. The van der Waals surface area contributed by atoms with E-state index in [1.54, 1.807) is 0 Å². The van der Waals surface area contributed by atoms with Gasteiger partial charge in [0.05, 0.1) is 8.07 Å². The monoisotopic (exact) mass is 709 g/mol. The zero-order chi connectivity index (χ0) is 36.6. The van der Waals surface area contributed by atoms with Gasteiger partial charge in [-0.15, -0.1) is 0 Å². The molecule has 0 fully saturated rings. The van der Waals surface area contributed by atoms with Crippen LogP contribution in [0.3, 0.4) is 0 Å². The summed E-state index contributed by atoms with van der Waals surface area (Å²) in [5.74, 6) is 1.94. The summed E-state index contributed by atoms with van der Waals surface area (Å²) < 4.78 is 0. The van der Waals surface area contributed by atoms with Crippen LogP contribution < -0.4 is 5.19 Å². The number of benzene rings is 8. The maximum atomic E-state index is 5.19. The average molecular weight is 710 g/mol. The first kappa shape index (κ1) is 33.4. The van der Waals surface area contributed by atoms with Crippen molar-refractivity contribution >= 4 is 34.8 Å². The molecule has 0 N–H and O–H groups in total. The predicted molar refractivity (Wildman–Crippen MR) is 230 cm³/mol. The maximum absolute atomic E-state index is 5.19. The van der Waals surface area contributed by atoms with E-state index in [9.17, 15) is 0 Å². The lowest BCUT2D eigenvalue weighted by Gasteiger charge is -2.17. The van der Waals surface area contributed by atoms with Gasteiger partial charge in [-0.3, -0.25) is 0 Å². The van der Waals surface area contributed by atoms with Gasteiger partial charge in [0.2, 0.25) is 0 Å². The van der Waals surface area contributed by atoms with Crippen LogP contribution in [-0.2, 0) is 0 Å². The van der Waals surface area contributed by atoms with Crippen molar-refractivity contribution in [1.29, 1.82) is 0 Å². The van der Waals surface area contributed by atoms with Crippen LogP contribution in [0, 0.1) is 0 Å². The molecule has 0 spiro atoms. The Balaban J connectivity index is 1.12. The van der Waals surface area contributed by atoms with Gasteiger partial charge in [0.1, 0.15) is 0 Å². The van der Waals surface area contributed by atoms with Crippen LogP contribution in [0.5, 0.6) is 0 Å². The van der Waals surface area contributed by atoms with Gasteiger partial charge < -0.3 is 0 Å². The van der Waals surface area contributed by atoms with E-state index in [1.807, 2.05) is 18.2 Å². The summed E-state index contributed by atoms with van der Waals surface area (Å²) in [7, 11) is -1.35. The minimum Gasteiger partial charge on any atom is -0.208 e. The zero-order valence-corrected chi connectivity index (χ0v) is 31.7. The summed E-state index contributed by atoms with van der Waals surface area (Å²) in [5, 5.41) is 6.14. The van der Waals surface area contributed by atoms with Crippen LogP contribution in [0.15, 0.2) is 182 Å². The molecule has 0 saturated carbocycles. The largest absolute Gasteiger partial charge is 0.208 e. The number of fused-ring (bicyclic) bond motifs is 3. The minimum absolute atomic E-state index is 0.641. The van der Waals surface area contributed by atoms with Gasteiger partial charge in [-0.1, -0.05) is 183 Å². The van der Waals surface area contributed by atoms with E-state index in [0.717, 1.165) is 38.6 Å². The highest BCUT2D eigenvalue weighted by atomic mass is 28.3. The third-order valence-corrected chi connectivity index (χ3v) is 12.3. The van der Waals surface area contributed by atoms with Crippen molar-refractivity contribution in [2.24, 2.45) is 0 Å². The number of nitrogens with zero attached hydrogens (tertiary/aromatic N) is 3. The lowest BCUT2D eigenvalue weighted by molar-refractivity contribution is 1.08. The van der Waals surface area contributed by atoms with E-state index in [4.69, 9.17) is 15.0 Å². The summed E-state index contributed by atoms with van der Waals surface area (Å²) in [4.78, 5) is 15.4. The molecule has 0 aliphatic rings. The van der Waals surface area contributed by atoms with Gasteiger partial charge >= 0.3 is 0 Å². The molecule has 1 heterocycles. The van der Waals surface area contributed by atoms with Crippen molar-refractivity contribution in [2.75, 3.05) is 0 Å². The molecule has 4 heteroatoms. The van der Waals surface area contributed by atoms with E-state index in [0.29, 0.717) is 17.5 Å². The van der Waals surface area contributed by atoms with E-state index in [-0.39, 0.29) is 0 Å². The van der Waals surface area contributed by atoms with Crippen LogP contribution in [0.25, 0.3) is 89.1 Å². The SMILES string of the molecule is C[Si](C)(C)c1ccc(-c2cccc(-c3cccc(-c4cccc(-c5nc(-c6ccccc6)nc(-c6cc7ccccc7c7ccccc67)n5)c4)c3)c2)cc1.